The summed E-state index contributed by atoms with van der Waals surface area (Å²) in [6.07, 6.45) is 2.41. The summed E-state index contributed by atoms with van der Waals surface area (Å²) in [4.78, 5) is 12.6. The molecule has 20 heavy (non-hydrogen) atoms. The van der Waals surface area contributed by atoms with Gasteiger partial charge < -0.3 is 4.74 Å². The lowest BCUT2D eigenvalue weighted by atomic mass is 9.88. The van der Waals surface area contributed by atoms with E-state index in [9.17, 15) is 4.79 Å². The molecule has 0 aliphatic carbocycles. The smallest absolute Gasteiger partial charge is 0.170 e. The average molecular weight is 266 g/mol. The summed E-state index contributed by atoms with van der Waals surface area (Å²) < 4.78 is 5.15. The van der Waals surface area contributed by atoms with E-state index in [-0.39, 0.29) is 11.7 Å². The van der Waals surface area contributed by atoms with Crippen molar-refractivity contribution in [3.63, 3.8) is 0 Å². The highest BCUT2D eigenvalue weighted by Gasteiger charge is 2.20. The van der Waals surface area contributed by atoms with Crippen LogP contribution in [0.1, 0.15) is 28.3 Å². The normalized spacial score (nSPS) is 11.7. The van der Waals surface area contributed by atoms with Gasteiger partial charge in [-0.2, -0.15) is 0 Å². The van der Waals surface area contributed by atoms with E-state index in [1.54, 1.807) is 13.2 Å². The fourth-order valence-corrected chi connectivity index (χ4v) is 2.20. The molecule has 2 aromatic carbocycles. The molecule has 0 aromatic heterocycles. The summed E-state index contributed by atoms with van der Waals surface area (Å²) in [5.41, 5.74) is 1.72. The molecular formula is C18H18O2. The molecule has 2 aromatic rings. The molecule has 0 spiro atoms. The molecule has 2 heteroatoms. The van der Waals surface area contributed by atoms with E-state index in [4.69, 9.17) is 4.74 Å². The Balaban J connectivity index is 2.30. The van der Waals surface area contributed by atoms with Gasteiger partial charge in [-0.1, -0.05) is 48.5 Å². The van der Waals surface area contributed by atoms with Gasteiger partial charge in [0.25, 0.3) is 0 Å². The SMILES string of the molecule is C=CCC(C(=O)c1ccccc1)c1ccc(OC)cc1. The van der Waals surface area contributed by atoms with Gasteiger partial charge in [-0.15, -0.1) is 6.58 Å². The lowest BCUT2D eigenvalue weighted by molar-refractivity contribution is 0.0960. The zero-order valence-electron chi connectivity index (χ0n) is 11.6. The third-order valence-electron chi connectivity index (χ3n) is 3.30. The highest BCUT2D eigenvalue weighted by molar-refractivity contribution is 6.01. The van der Waals surface area contributed by atoms with Crippen LogP contribution in [-0.2, 0) is 0 Å². The summed E-state index contributed by atoms with van der Waals surface area (Å²) in [6, 6.07) is 17.0. The Labute approximate surface area is 119 Å². The maximum Gasteiger partial charge on any atom is 0.170 e. The lowest BCUT2D eigenvalue weighted by Gasteiger charge is -2.15. The van der Waals surface area contributed by atoms with Crippen LogP contribution in [0.2, 0.25) is 0 Å². The molecular weight excluding hydrogens is 248 g/mol. The Morgan fingerprint density at radius 3 is 2.35 bits per heavy atom. The first kappa shape index (κ1) is 14.1. The first-order valence-corrected chi connectivity index (χ1v) is 6.60. The summed E-state index contributed by atoms with van der Waals surface area (Å²) in [5.74, 6) is 0.717. The van der Waals surface area contributed by atoms with Crippen molar-refractivity contribution in [1.82, 2.24) is 0 Å². The van der Waals surface area contributed by atoms with Crippen LogP contribution < -0.4 is 4.74 Å². The minimum Gasteiger partial charge on any atom is -0.497 e. The van der Waals surface area contributed by atoms with Crippen molar-refractivity contribution in [2.45, 2.75) is 12.3 Å². The highest BCUT2D eigenvalue weighted by atomic mass is 16.5. The summed E-state index contributed by atoms with van der Waals surface area (Å²) >= 11 is 0. The number of benzene rings is 2. The fraction of sp³-hybridized carbons (Fsp3) is 0.167. The molecule has 0 aliphatic rings. The maximum atomic E-state index is 12.6. The number of ether oxygens (including phenoxy) is 1. The van der Waals surface area contributed by atoms with E-state index in [0.29, 0.717) is 6.42 Å². The second kappa shape index (κ2) is 6.71. The van der Waals surface area contributed by atoms with Crippen molar-refractivity contribution in [2.75, 3.05) is 7.11 Å². The van der Waals surface area contributed by atoms with E-state index in [0.717, 1.165) is 16.9 Å². The van der Waals surface area contributed by atoms with Crippen LogP contribution in [0.4, 0.5) is 0 Å². The van der Waals surface area contributed by atoms with E-state index in [2.05, 4.69) is 6.58 Å². The molecule has 2 rings (SSSR count). The molecule has 0 amide bonds. The van der Waals surface area contributed by atoms with Crippen LogP contribution >= 0.6 is 0 Å². The molecule has 0 saturated heterocycles. The predicted molar refractivity (Wildman–Crippen MR) is 81.3 cm³/mol. The molecule has 102 valence electrons. The Morgan fingerprint density at radius 2 is 1.80 bits per heavy atom. The Bertz CT molecular complexity index is 570. The van der Waals surface area contributed by atoms with Gasteiger partial charge in [-0.05, 0) is 24.1 Å². The third kappa shape index (κ3) is 3.15. The Hall–Kier alpha value is -2.35. The number of methoxy groups -OCH3 is 1. The van der Waals surface area contributed by atoms with Gasteiger partial charge in [0.05, 0.1) is 13.0 Å². The van der Waals surface area contributed by atoms with Crippen LogP contribution in [0.3, 0.4) is 0 Å². The van der Waals surface area contributed by atoms with Crippen LogP contribution in [0.5, 0.6) is 5.75 Å². The molecule has 0 aliphatic heterocycles. The number of ketones is 1. The van der Waals surface area contributed by atoms with Crippen molar-refractivity contribution in [2.24, 2.45) is 0 Å². The summed E-state index contributed by atoms with van der Waals surface area (Å²) in [6.45, 7) is 3.76. The summed E-state index contributed by atoms with van der Waals surface area (Å²) in [5, 5.41) is 0. The molecule has 1 unspecified atom stereocenters. The van der Waals surface area contributed by atoms with Gasteiger partial charge in [0.15, 0.2) is 5.78 Å². The van der Waals surface area contributed by atoms with E-state index in [1.807, 2.05) is 54.6 Å². The van der Waals surface area contributed by atoms with E-state index in [1.165, 1.54) is 0 Å². The number of hydrogen-bond acceptors (Lipinski definition) is 2. The molecule has 0 radical (unpaired) electrons. The molecule has 1 atom stereocenters. The number of allylic oxidation sites excluding steroid dienone is 1. The minimum atomic E-state index is -0.194. The summed E-state index contributed by atoms with van der Waals surface area (Å²) in [7, 11) is 1.63. The molecule has 0 fully saturated rings. The van der Waals surface area contributed by atoms with Gasteiger partial charge >= 0.3 is 0 Å². The van der Waals surface area contributed by atoms with Gasteiger partial charge in [0.2, 0.25) is 0 Å². The largest absolute Gasteiger partial charge is 0.497 e. The standard InChI is InChI=1S/C18H18O2/c1-3-7-17(14-10-12-16(20-2)13-11-14)18(19)15-8-5-4-6-9-15/h3-6,8-13,17H,1,7H2,2H3. The fourth-order valence-electron chi connectivity index (χ4n) is 2.20. The van der Waals surface area contributed by atoms with Crippen molar-refractivity contribution in [1.29, 1.82) is 0 Å². The molecule has 0 N–H and O–H groups in total. The van der Waals surface area contributed by atoms with Crippen molar-refractivity contribution >= 4 is 5.78 Å². The number of carbonyl (C=O) groups is 1. The number of Topliss-reactive ketones (excluding diaryl/α,β-unsaturated/α-hetero) is 1. The number of rotatable bonds is 6. The number of hydrogen-bond donors (Lipinski definition) is 0. The van der Waals surface area contributed by atoms with Crippen LogP contribution in [-0.4, -0.2) is 12.9 Å². The van der Waals surface area contributed by atoms with Crippen LogP contribution in [0, 0.1) is 0 Å². The zero-order valence-corrected chi connectivity index (χ0v) is 11.6. The first-order chi connectivity index (χ1) is 9.76. The Morgan fingerprint density at radius 1 is 1.15 bits per heavy atom. The molecule has 0 saturated carbocycles. The molecule has 2 nitrogen and oxygen atoms in total. The molecule has 0 heterocycles. The Kier molecular flexibility index (Phi) is 4.72. The van der Waals surface area contributed by atoms with Crippen molar-refractivity contribution < 1.29 is 9.53 Å². The van der Waals surface area contributed by atoms with Gasteiger partial charge in [0.1, 0.15) is 5.75 Å². The van der Waals surface area contributed by atoms with Crippen LogP contribution in [0.25, 0.3) is 0 Å². The van der Waals surface area contributed by atoms with Crippen molar-refractivity contribution in [3.8, 4) is 5.75 Å². The van der Waals surface area contributed by atoms with E-state index < -0.39 is 0 Å². The third-order valence-corrected chi connectivity index (χ3v) is 3.30. The second-order valence-electron chi connectivity index (χ2n) is 4.58. The monoisotopic (exact) mass is 266 g/mol. The van der Waals surface area contributed by atoms with Gasteiger partial charge in [0, 0.05) is 5.56 Å². The quantitative estimate of drug-likeness (QED) is 0.577. The van der Waals surface area contributed by atoms with E-state index >= 15 is 0 Å². The van der Waals surface area contributed by atoms with Gasteiger partial charge in [-0.25, -0.2) is 0 Å². The maximum absolute atomic E-state index is 12.6. The van der Waals surface area contributed by atoms with Crippen LogP contribution in [0.15, 0.2) is 67.3 Å². The van der Waals surface area contributed by atoms with Crippen molar-refractivity contribution in [3.05, 3.63) is 78.4 Å². The van der Waals surface area contributed by atoms with Gasteiger partial charge in [-0.3, -0.25) is 4.79 Å². The minimum absolute atomic E-state index is 0.121. The molecule has 0 bridgehead atoms. The number of carbonyl (C=O) groups excluding carboxylic acids is 1. The zero-order chi connectivity index (χ0) is 14.4. The topological polar surface area (TPSA) is 26.3 Å². The lowest BCUT2D eigenvalue weighted by Crippen LogP contribution is -2.12. The second-order valence-corrected chi connectivity index (χ2v) is 4.58. The average Bonchev–Trinajstić information content (AvgIpc) is 2.53. The predicted octanol–water partition coefficient (Wildman–Crippen LogP) is 4.24. The first-order valence-electron chi connectivity index (χ1n) is 6.60. The highest BCUT2D eigenvalue weighted by Crippen LogP contribution is 2.26.